The second-order valence-corrected chi connectivity index (χ2v) is 4.86. The minimum Gasteiger partial charge on any atom is -0.341 e. The van der Waals surface area contributed by atoms with E-state index >= 15 is 0 Å². The molecule has 2 unspecified atom stereocenters. The van der Waals surface area contributed by atoms with Crippen LogP contribution < -0.4 is 5.32 Å². The van der Waals surface area contributed by atoms with Crippen LogP contribution in [-0.4, -0.2) is 49.0 Å². The lowest BCUT2D eigenvalue weighted by molar-refractivity contribution is -0.134. The molecule has 0 bridgehead atoms. The van der Waals surface area contributed by atoms with Crippen LogP contribution in [0.3, 0.4) is 0 Å². The van der Waals surface area contributed by atoms with E-state index in [1.807, 2.05) is 25.1 Å². The molecule has 0 aliphatic carbocycles. The predicted octanol–water partition coefficient (Wildman–Crippen LogP) is 1.23. The Labute approximate surface area is 103 Å². The largest absolute Gasteiger partial charge is 0.341 e. The summed E-state index contributed by atoms with van der Waals surface area (Å²) >= 11 is 1.73. The fourth-order valence-electron chi connectivity index (χ4n) is 1.82. The van der Waals surface area contributed by atoms with E-state index in [0.29, 0.717) is 6.04 Å². The van der Waals surface area contributed by atoms with Gasteiger partial charge in [-0.2, -0.15) is 11.8 Å². The molecule has 90 valence electrons. The third kappa shape index (κ3) is 4.21. The number of carbonyl (C=O) groups excluding carboxylic acids is 1. The summed E-state index contributed by atoms with van der Waals surface area (Å²) in [5.41, 5.74) is 0. The van der Waals surface area contributed by atoms with Crippen LogP contribution in [0.2, 0.25) is 0 Å². The van der Waals surface area contributed by atoms with Crippen molar-refractivity contribution in [3.8, 4) is 0 Å². The maximum absolute atomic E-state index is 11.9. The molecule has 0 aromatic heterocycles. The van der Waals surface area contributed by atoms with Crippen LogP contribution in [0, 0.1) is 5.92 Å². The number of nitrogens with zero attached hydrogens (tertiary/aromatic N) is 1. The van der Waals surface area contributed by atoms with Gasteiger partial charge in [-0.15, -0.1) is 12.4 Å². The molecule has 0 aromatic rings. The second kappa shape index (κ2) is 7.36. The van der Waals surface area contributed by atoms with Crippen LogP contribution in [0.5, 0.6) is 0 Å². The van der Waals surface area contributed by atoms with Gasteiger partial charge in [-0.25, -0.2) is 0 Å². The fraction of sp³-hybridized carbons (Fsp3) is 0.900. The van der Waals surface area contributed by atoms with Gasteiger partial charge >= 0.3 is 0 Å². The summed E-state index contributed by atoms with van der Waals surface area (Å²) in [7, 11) is 1.93. The van der Waals surface area contributed by atoms with Crippen molar-refractivity contribution in [2.45, 2.75) is 19.4 Å². The standard InChI is InChI=1S/C10H20N2OS.ClH/c1-8(7-14-3)10(13)12(2)9-4-5-11-6-9;/h8-9,11H,4-7H2,1-3H3;1H. The molecule has 1 fully saturated rings. The smallest absolute Gasteiger partial charge is 0.226 e. The van der Waals surface area contributed by atoms with Crippen LogP contribution >= 0.6 is 24.2 Å². The van der Waals surface area contributed by atoms with E-state index in [-0.39, 0.29) is 24.2 Å². The highest BCUT2D eigenvalue weighted by atomic mass is 35.5. The van der Waals surface area contributed by atoms with E-state index in [1.165, 1.54) is 0 Å². The SMILES string of the molecule is CSCC(C)C(=O)N(C)C1CCNC1.Cl. The first-order chi connectivity index (χ1) is 6.66. The van der Waals surface area contributed by atoms with Crippen molar-refractivity contribution in [3.05, 3.63) is 0 Å². The van der Waals surface area contributed by atoms with E-state index in [9.17, 15) is 4.79 Å². The van der Waals surface area contributed by atoms with Gasteiger partial charge in [0, 0.05) is 31.3 Å². The van der Waals surface area contributed by atoms with Crippen molar-refractivity contribution in [1.29, 1.82) is 0 Å². The average Bonchev–Trinajstić information content (AvgIpc) is 2.68. The molecule has 1 rings (SSSR count). The first-order valence-corrected chi connectivity index (χ1v) is 6.52. The molecule has 15 heavy (non-hydrogen) atoms. The molecule has 3 nitrogen and oxygen atoms in total. The molecule has 1 saturated heterocycles. The summed E-state index contributed by atoms with van der Waals surface area (Å²) in [5, 5.41) is 3.28. The first kappa shape index (κ1) is 15.1. The summed E-state index contributed by atoms with van der Waals surface area (Å²) in [4.78, 5) is 13.8. The van der Waals surface area contributed by atoms with Crippen LogP contribution in [0.1, 0.15) is 13.3 Å². The highest BCUT2D eigenvalue weighted by Gasteiger charge is 2.25. The number of rotatable bonds is 4. The molecular formula is C10H21ClN2OS. The maximum atomic E-state index is 11.9. The maximum Gasteiger partial charge on any atom is 0.226 e. The highest BCUT2D eigenvalue weighted by Crippen LogP contribution is 2.13. The van der Waals surface area contributed by atoms with Gasteiger partial charge in [-0.05, 0) is 19.2 Å². The van der Waals surface area contributed by atoms with Gasteiger partial charge in [0.05, 0.1) is 0 Å². The van der Waals surface area contributed by atoms with Crippen LogP contribution in [-0.2, 0) is 4.79 Å². The van der Waals surface area contributed by atoms with E-state index in [2.05, 4.69) is 5.32 Å². The lowest BCUT2D eigenvalue weighted by Crippen LogP contribution is -2.41. The topological polar surface area (TPSA) is 32.3 Å². The number of amides is 1. The van der Waals surface area contributed by atoms with Crippen molar-refractivity contribution < 1.29 is 4.79 Å². The molecule has 0 radical (unpaired) electrons. The van der Waals surface area contributed by atoms with Gasteiger partial charge in [0.2, 0.25) is 5.91 Å². The fourth-order valence-corrected chi connectivity index (χ4v) is 2.46. The Kier molecular flexibility index (Phi) is 7.40. The molecule has 0 spiro atoms. The van der Waals surface area contributed by atoms with Crippen molar-refractivity contribution in [2.75, 3.05) is 32.1 Å². The summed E-state index contributed by atoms with van der Waals surface area (Å²) in [6.45, 7) is 4.01. The lowest BCUT2D eigenvalue weighted by atomic mass is 10.1. The Bertz CT molecular complexity index is 198. The Balaban J connectivity index is 0.00000196. The Hall–Kier alpha value is 0.0700. The van der Waals surface area contributed by atoms with E-state index in [0.717, 1.165) is 25.3 Å². The number of hydrogen-bond acceptors (Lipinski definition) is 3. The zero-order chi connectivity index (χ0) is 10.6. The molecule has 1 amide bonds. The Morgan fingerprint density at radius 2 is 2.33 bits per heavy atom. The Morgan fingerprint density at radius 3 is 2.80 bits per heavy atom. The number of nitrogens with one attached hydrogen (secondary N) is 1. The summed E-state index contributed by atoms with van der Waals surface area (Å²) in [5.74, 6) is 1.35. The third-order valence-electron chi connectivity index (χ3n) is 2.77. The number of halogens is 1. The summed E-state index contributed by atoms with van der Waals surface area (Å²) in [6.07, 6.45) is 3.13. The van der Waals surface area contributed by atoms with E-state index in [1.54, 1.807) is 11.8 Å². The normalized spacial score (nSPS) is 21.9. The van der Waals surface area contributed by atoms with Crippen LogP contribution in [0.25, 0.3) is 0 Å². The molecule has 1 heterocycles. The van der Waals surface area contributed by atoms with Gasteiger partial charge < -0.3 is 10.2 Å². The molecule has 1 aliphatic heterocycles. The minimum atomic E-state index is 0. The molecule has 2 atom stereocenters. The van der Waals surface area contributed by atoms with Gasteiger partial charge in [-0.3, -0.25) is 4.79 Å². The van der Waals surface area contributed by atoms with E-state index < -0.39 is 0 Å². The zero-order valence-electron chi connectivity index (χ0n) is 9.66. The quantitative estimate of drug-likeness (QED) is 0.817. The number of thioether (sulfide) groups is 1. The molecule has 1 aliphatic rings. The second-order valence-electron chi connectivity index (χ2n) is 3.95. The molecule has 0 aromatic carbocycles. The van der Waals surface area contributed by atoms with Gasteiger partial charge in [0.15, 0.2) is 0 Å². The van der Waals surface area contributed by atoms with Crippen LogP contribution in [0.15, 0.2) is 0 Å². The summed E-state index contributed by atoms with van der Waals surface area (Å²) < 4.78 is 0. The molecule has 1 N–H and O–H groups in total. The molecular weight excluding hydrogens is 232 g/mol. The van der Waals surface area contributed by atoms with Crippen molar-refractivity contribution in [1.82, 2.24) is 10.2 Å². The zero-order valence-corrected chi connectivity index (χ0v) is 11.3. The minimum absolute atomic E-state index is 0. The van der Waals surface area contributed by atoms with Crippen molar-refractivity contribution in [2.24, 2.45) is 5.92 Å². The number of carbonyl (C=O) groups is 1. The number of hydrogen-bond donors (Lipinski definition) is 1. The van der Waals surface area contributed by atoms with Crippen LogP contribution in [0.4, 0.5) is 0 Å². The Morgan fingerprint density at radius 1 is 1.67 bits per heavy atom. The number of likely N-dealkylation sites (N-methyl/N-ethyl adjacent to an activating group) is 1. The highest BCUT2D eigenvalue weighted by molar-refractivity contribution is 7.98. The van der Waals surface area contributed by atoms with Crippen molar-refractivity contribution >= 4 is 30.1 Å². The third-order valence-corrected chi connectivity index (χ3v) is 3.60. The van der Waals surface area contributed by atoms with Gasteiger partial charge in [-0.1, -0.05) is 6.92 Å². The lowest BCUT2D eigenvalue weighted by Gasteiger charge is -2.26. The van der Waals surface area contributed by atoms with Gasteiger partial charge in [0.25, 0.3) is 0 Å². The monoisotopic (exact) mass is 252 g/mol. The predicted molar refractivity (Wildman–Crippen MR) is 68.8 cm³/mol. The van der Waals surface area contributed by atoms with Crippen molar-refractivity contribution in [3.63, 3.8) is 0 Å². The van der Waals surface area contributed by atoms with E-state index in [4.69, 9.17) is 0 Å². The van der Waals surface area contributed by atoms with Gasteiger partial charge in [0.1, 0.15) is 0 Å². The first-order valence-electron chi connectivity index (χ1n) is 5.13. The molecule has 5 heteroatoms. The average molecular weight is 253 g/mol. The molecule has 0 saturated carbocycles. The summed E-state index contributed by atoms with van der Waals surface area (Å²) in [6, 6.07) is 0.409.